The highest BCUT2D eigenvalue weighted by Gasteiger charge is 2.30. The van der Waals surface area contributed by atoms with Gasteiger partial charge in [0.15, 0.2) is 0 Å². The molecule has 6 nitrogen and oxygen atoms in total. The van der Waals surface area contributed by atoms with Crippen LogP contribution in [-0.4, -0.2) is 28.4 Å². The number of H-pyrrole nitrogens is 1. The SMILES string of the molecule is CC(C)(C)OC(=O)NC(C)(CCN)c1cn[nH]c1. The summed E-state index contributed by atoms with van der Waals surface area (Å²) in [6, 6.07) is 0. The smallest absolute Gasteiger partial charge is 0.408 e. The Labute approximate surface area is 107 Å². The first-order valence-electron chi connectivity index (χ1n) is 5.97. The molecule has 0 bridgehead atoms. The highest BCUT2D eigenvalue weighted by atomic mass is 16.6. The first-order chi connectivity index (χ1) is 8.27. The molecule has 18 heavy (non-hydrogen) atoms. The van der Waals surface area contributed by atoms with E-state index in [0.29, 0.717) is 13.0 Å². The molecule has 0 saturated carbocycles. The zero-order valence-corrected chi connectivity index (χ0v) is 11.4. The van der Waals surface area contributed by atoms with Crippen molar-refractivity contribution < 1.29 is 9.53 Å². The molecule has 0 spiro atoms. The Morgan fingerprint density at radius 1 is 1.50 bits per heavy atom. The largest absolute Gasteiger partial charge is 0.444 e. The fourth-order valence-electron chi connectivity index (χ4n) is 1.65. The maximum absolute atomic E-state index is 11.8. The first-order valence-corrected chi connectivity index (χ1v) is 5.97. The van der Waals surface area contributed by atoms with Crippen LogP contribution < -0.4 is 11.1 Å². The van der Waals surface area contributed by atoms with Gasteiger partial charge in [-0.25, -0.2) is 4.79 Å². The lowest BCUT2D eigenvalue weighted by molar-refractivity contribution is 0.0457. The van der Waals surface area contributed by atoms with Crippen molar-refractivity contribution in [3.63, 3.8) is 0 Å². The minimum atomic E-state index is -0.579. The van der Waals surface area contributed by atoms with Crippen LogP contribution in [0, 0.1) is 0 Å². The third-order valence-electron chi connectivity index (χ3n) is 2.56. The zero-order chi connectivity index (χ0) is 13.8. The van der Waals surface area contributed by atoms with Crippen LogP contribution in [0.4, 0.5) is 4.79 Å². The molecule has 0 aliphatic rings. The second kappa shape index (κ2) is 5.39. The summed E-state index contributed by atoms with van der Waals surface area (Å²) in [5.41, 5.74) is 5.37. The molecule has 1 aromatic rings. The molecule has 1 rings (SSSR count). The van der Waals surface area contributed by atoms with Crippen molar-refractivity contribution in [1.29, 1.82) is 0 Å². The lowest BCUT2D eigenvalue weighted by Gasteiger charge is -2.31. The van der Waals surface area contributed by atoms with E-state index in [9.17, 15) is 4.79 Å². The van der Waals surface area contributed by atoms with Crippen LogP contribution >= 0.6 is 0 Å². The van der Waals surface area contributed by atoms with Gasteiger partial charge in [-0.1, -0.05) is 0 Å². The van der Waals surface area contributed by atoms with Gasteiger partial charge >= 0.3 is 6.09 Å². The molecule has 1 amide bonds. The predicted octanol–water partition coefficient (Wildman–Crippen LogP) is 1.50. The van der Waals surface area contributed by atoms with Crippen molar-refractivity contribution in [3.05, 3.63) is 18.0 Å². The van der Waals surface area contributed by atoms with Crippen molar-refractivity contribution in [2.75, 3.05) is 6.54 Å². The summed E-state index contributed by atoms with van der Waals surface area (Å²) < 4.78 is 5.26. The van der Waals surface area contributed by atoms with Gasteiger partial charge in [0.2, 0.25) is 0 Å². The van der Waals surface area contributed by atoms with Crippen molar-refractivity contribution in [1.82, 2.24) is 15.5 Å². The Kier molecular flexibility index (Phi) is 4.34. The van der Waals surface area contributed by atoms with Gasteiger partial charge in [0.05, 0.1) is 11.7 Å². The van der Waals surface area contributed by atoms with Crippen LogP contribution in [0.1, 0.15) is 39.7 Å². The zero-order valence-electron chi connectivity index (χ0n) is 11.4. The Balaban J connectivity index is 2.78. The average molecular weight is 254 g/mol. The second-order valence-electron chi connectivity index (χ2n) is 5.48. The van der Waals surface area contributed by atoms with Gasteiger partial charge in [0, 0.05) is 11.8 Å². The fraction of sp³-hybridized carbons (Fsp3) is 0.667. The topological polar surface area (TPSA) is 93.0 Å². The first kappa shape index (κ1) is 14.5. The van der Waals surface area contributed by atoms with E-state index in [0.717, 1.165) is 5.56 Å². The standard InChI is InChI=1S/C12H22N4O2/c1-11(2,3)18-10(17)16-12(4,5-6-13)9-7-14-15-8-9/h7-8H,5-6,13H2,1-4H3,(H,14,15)(H,16,17). The minimum Gasteiger partial charge on any atom is -0.444 e. The van der Waals surface area contributed by atoms with Crippen molar-refractivity contribution in [2.24, 2.45) is 5.73 Å². The van der Waals surface area contributed by atoms with Crippen molar-refractivity contribution in [2.45, 2.75) is 45.3 Å². The van der Waals surface area contributed by atoms with E-state index >= 15 is 0 Å². The minimum absolute atomic E-state index is 0.456. The third-order valence-corrected chi connectivity index (χ3v) is 2.56. The Bertz CT molecular complexity index is 383. The number of rotatable bonds is 4. The van der Waals surface area contributed by atoms with Crippen LogP contribution in [0.25, 0.3) is 0 Å². The van der Waals surface area contributed by atoms with E-state index < -0.39 is 17.2 Å². The summed E-state index contributed by atoms with van der Waals surface area (Å²) in [5, 5.41) is 9.48. The number of nitrogens with two attached hydrogens (primary N) is 1. The van der Waals surface area contributed by atoms with Crippen molar-refractivity contribution in [3.8, 4) is 0 Å². The summed E-state index contributed by atoms with van der Waals surface area (Å²) in [4.78, 5) is 11.8. The molecule has 1 unspecified atom stereocenters. The number of amides is 1. The quantitative estimate of drug-likeness (QED) is 0.759. The molecule has 0 radical (unpaired) electrons. The van der Waals surface area contributed by atoms with E-state index in [-0.39, 0.29) is 0 Å². The number of aromatic nitrogens is 2. The van der Waals surface area contributed by atoms with E-state index in [4.69, 9.17) is 10.5 Å². The number of carbonyl (C=O) groups excluding carboxylic acids is 1. The van der Waals surface area contributed by atoms with Gasteiger partial charge in [0.25, 0.3) is 0 Å². The van der Waals surface area contributed by atoms with Gasteiger partial charge in [-0.3, -0.25) is 5.10 Å². The highest BCUT2D eigenvalue weighted by molar-refractivity contribution is 5.69. The Morgan fingerprint density at radius 2 is 2.17 bits per heavy atom. The highest BCUT2D eigenvalue weighted by Crippen LogP contribution is 2.23. The molecule has 0 aliphatic carbocycles. The maximum atomic E-state index is 11.8. The average Bonchev–Trinajstić information content (AvgIpc) is 2.66. The van der Waals surface area contributed by atoms with Gasteiger partial charge in [-0.05, 0) is 40.7 Å². The molecule has 6 heteroatoms. The fourth-order valence-corrected chi connectivity index (χ4v) is 1.65. The van der Waals surface area contributed by atoms with Crippen LogP contribution in [0.15, 0.2) is 12.4 Å². The second-order valence-corrected chi connectivity index (χ2v) is 5.48. The third kappa shape index (κ3) is 4.03. The summed E-state index contributed by atoms with van der Waals surface area (Å²) in [7, 11) is 0. The number of nitrogens with zero attached hydrogens (tertiary/aromatic N) is 1. The number of ether oxygens (including phenoxy) is 1. The van der Waals surface area contributed by atoms with Crippen LogP contribution in [0.3, 0.4) is 0 Å². The van der Waals surface area contributed by atoms with E-state index in [1.54, 1.807) is 12.4 Å². The van der Waals surface area contributed by atoms with Gasteiger partial charge in [-0.15, -0.1) is 0 Å². The number of hydrogen-bond donors (Lipinski definition) is 3. The molecule has 0 aromatic carbocycles. The molecule has 1 atom stereocenters. The van der Waals surface area contributed by atoms with Gasteiger partial charge < -0.3 is 15.8 Å². The number of carbonyl (C=O) groups is 1. The normalized spacial score (nSPS) is 14.9. The van der Waals surface area contributed by atoms with Crippen molar-refractivity contribution >= 4 is 6.09 Å². The van der Waals surface area contributed by atoms with E-state index in [1.807, 2.05) is 27.7 Å². The Hall–Kier alpha value is -1.56. The molecule has 1 aromatic heterocycles. The van der Waals surface area contributed by atoms with Crippen LogP contribution in [0.2, 0.25) is 0 Å². The molecule has 0 saturated heterocycles. The molecule has 0 aliphatic heterocycles. The number of aromatic amines is 1. The molecule has 0 fully saturated rings. The molecular weight excluding hydrogens is 232 g/mol. The van der Waals surface area contributed by atoms with E-state index in [2.05, 4.69) is 15.5 Å². The molecular formula is C12H22N4O2. The maximum Gasteiger partial charge on any atom is 0.408 e. The number of nitrogens with one attached hydrogen (secondary N) is 2. The van der Waals surface area contributed by atoms with Crippen LogP contribution in [0.5, 0.6) is 0 Å². The molecule has 4 N–H and O–H groups in total. The van der Waals surface area contributed by atoms with E-state index in [1.165, 1.54) is 0 Å². The predicted molar refractivity (Wildman–Crippen MR) is 69.0 cm³/mol. The lowest BCUT2D eigenvalue weighted by Crippen LogP contribution is -2.46. The number of hydrogen-bond acceptors (Lipinski definition) is 4. The summed E-state index contributed by atoms with van der Waals surface area (Å²) in [6.07, 6.45) is 3.56. The summed E-state index contributed by atoms with van der Waals surface area (Å²) in [5.74, 6) is 0. The molecule has 1 heterocycles. The molecule has 102 valence electrons. The monoisotopic (exact) mass is 254 g/mol. The Morgan fingerprint density at radius 3 is 2.61 bits per heavy atom. The van der Waals surface area contributed by atoms with Crippen LogP contribution in [-0.2, 0) is 10.3 Å². The lowest BCUT2D eigenvalue weighted by atomic mass is 9.91. The van der Waals surface area contributed by atoms with Gasteiger partial charge in [-0.2, -0.15) is 5.10 Å². The summed E-state index contributed by atoms with van der Waals surface area (Å²) in [6.45, 7) is 7.83. The summed E-state index contributed by atoms with van der Waals surface area (Å²) >= 11 is 0. The van der Waals surface area contributed by atoms with Gasteiger partial charge in [0.1, 0.15) is 5.60 Å². The number of alkyl carbamates (subject to hydrolysis) is 1.